The van der Waals surface area contributed by atoms with E-state index in [0.717, 1.165) is 27.9 Å². The Labute approximate surface area is 155 Å². The Kier molecular flexibility index (Phi) is 5.83. The van der Waals surface area contributed by atoms with Crippen LogP contribution in [0.15, 0.2) is 57.4 Å². The maximum atomic E-state index is 5.82. The molecule has 2 aromatic carbocycles. The predicted molar refractivity (Wildman–Crippen MR) is 100 cm³/mol. The number of likely N-dealkylation sites (N-methyl/N-ethyl adjacent to an activating group) is 1. The topological polar surface area (TPSA) is 51.4 Å². The van der Waals surface area contributed by atoms with Gasteiger partial charge < -0.3 is 9.15 Å². The SMILES string of the molecule is Cc1ccccc1OCCN(C)Cc1nnc(-c2ccc(Br)cc2)o1. The van der Waals surface area contributed by atoms with Gasteiger partial charge in [-0.1, -0.05) is 34.1 Å². The number of aryl methyl sites for hydroxylation is 1. The molecule has 3 rings (SSSR count). The van der Waals surface area contributed by atoms with Gasteiger partial charge in [0.25, 0.3) is 0 Å². The van der Waals surface area contributed by atoms with Gasteiger partial charge in [-0.25, -0.2) is 0 Å². The van der Waals surface area contributed by atoms with Crippen LogP contribution >= 0.6 is 15.9 Å². The third-order valence-corrected chi connectivity index (χ3v) is 4.32. The van der Waals surface area contributed by atoms with E-state index < -0.39 is 0 Å². The number of ether oxygens (including phenoxy) is 1. The van der Waals surface area contributed by atoms with Crippen molar-refractivity contribution in [3.8, 4) is 17.2 Å². The molecule has 6 heteroatoms. The molecular formula is C19H20BrN3O2. The molecule has 25 heavy (non-hydrogen) atoms. The molecule has 1 aromatic heterocycles. The van der Waals surface area contributed by atoms with Crippen LogP contribution in [0.25, 0.3) is 11.5 Å². The van der Waals surface area contributed by atoms with Gasteiger partial charge in [0.2, 0.25) is 11.8 Å². The van der Waals surface area contributed by atoms with Gasteiger partial charge in [0.15, 0.2) is 0 Å². The zero-order valence-corrected chi connectivity index (χ0v) is 15.9. The second-order valence-electron chi connectivity index (χ2n) is 5.86. The number of benzene rings is 2. The van der Waals surface area contributed by atoms with Gasteiger partial charge in [-0.2, -0.15) is 0 Å². The molecule has 0 spiro atoms. The Hall–Kier alpha value is -2.18. The van der Waals surface area contributed by atoms with Crippen LogP contribution in [0.3, 0.4) is 0 Å². The van der Waals surface area contributed by atoms with Crippen LogP contribution in [-0.4, -0.2) is 35.3 Å². The number of rotatable bonds is 7. The van der Waals surface area contributed by atoms with Crippen molar-refractivity contribution in [1.29, 1.82) is 0 Å². The molecule has 0 aliphatic heterocycles. The molecular weight excluding hydrogens is 382 g/mol. The van der Waals surface area contributed by atoms with E-state index in [1.807, 2.05) is 62.5 Å². The zero-order chi connectivity index (χ0) is 17.6. The molecule has 0 atom stereocenters. The Balaban J connectivity index is 1.50. The number of para-hydroxylation sites is 1. The summed E-state index contributed by atoms with van der Waals surface area (Å²) >= 11 is 3.42. The van der Waals surface area contributed by atoms with Crippen molar-refractivity contribution in [2.45, 2.75) is 13.5 Å². The number of aromatic nitrogens is 2. The van der Waals surface area contributed by atoms with Gasteiger partial charge in [-0.15, -0.1) is 10.2 Å². The molecule has 0 amide bonds. The lowest BCUT2D eigenvalue weighted by atomic mass is 10.2. The minimum Gasteiger partial charge on any atom is -0.492 e. The molecule has 0 fully saturated rings. The number of hydrogen-bond acceptors (Lipinski definition) is 5. The second kappa shape index (κ2) is 8.27. The first kappa shape index (κ1) is 17.6. The zero-order valence-electron chi connectivity index (χ0n) is 14.3. The minimum atomic E-state index is 0.534. The first-order valence-corrected chi connectivity index (χ1v) is 8.86. The Morgan fingerprint density at radius 2 is 1.84 bits per heavy atom. The van der Waals surface area contributed by atoms with E-state index in [2.05, 4.69) is 31.0 Å². The fourth-order valence-electron chi connectivity index (χ4n) is 2.37. The third-order valence-electron chi connectivity index (χ3n) is 3.79. The van der Waals surface area contributed by atoms with Crippen LogP contribution < -0.4 is 4.74 Å². The van der Waals surface area contributed by atoms with E-state index in [-0.39, 0.29) is 0 Å². The van der Waals surface area contributed by atoms with Crippen molar-refractivity contribution >= 4 is 15.9 Å². The fraction of sp³-hybridized carbons (Fsp3) is 0.263. The number of halogens is 1. The van der Waals surface area contributed by atoms with Crippen molar-refractivity contribution in [1.82, 2.24) is 15.1 Å². The van der Waals surface area contributed by atoms with Gasteiger partial charge in [0, 0.05) is 16.6 Å². The maximum Gasteiger partial charge on any atom is 0.247 e. The molecule has 3 aromatic rings. The Morgan fingerprint density at radius 1 is 1.08 bits per heavy atom. The van der Waals surface area contributed by atoms with Gasteiger partial charge >= 0.3 is 0 Å². The van der Waals surface area contributed by atoms with Gasteiger partial charge in [0.05, 0.1) is 6.54 Å². The highest BCUT2D eigenvalue weighted by Gasteiger charge is 2.11. The smallest absolute Gasteiger partial charge is 0.247 e. The quantitative estimate of drug-likeness (QED) is 0.589. The van der Waals surface area contributed by atoms with Crippen LogP contribution in [-0.2, 0) is 6.54 Å². The molecule has 5 nitrogen and oxygen atoms in total. The largest absolute Gasteiger partial charge is 0.492 e. The van der Waals surface area contributed by atoms with E-state index in [1.165, 1.54) is 0 Å². The highest BCUT2D eigenvalue weighted by atomic mass is 79.9. The average molecular weight is 402 g/mol. The average Bonchev–Trinajstić information content (AvgIpc) is 3.05. The standard InChI is InChI=1S/C19H20BrN3O2/c1-14-5-3-4-6-17(14)24-12-11-23(2)13-18-21-22-19(25-18)15-7-9-16(20)10-8-15/h3-10H,11-13H2,1-2H3. The molecule has 0 radical (unpaired) electrons. The van der Waals surface area contributed by atoms with E-state index >= 15 is 0 Å². The molecule has 0 saturated heterocycles. The summed E-state index contributed by atoms with van der Waals surface area (Å²) in [7, 11) is 2.00. The summed E-state index contributed by atoms with van der Waals surface area (Å²) in [5.74, 6) is 2.05. The van der Waals surface area contributed by atoms with E-state index in [4.69, 9.17) is 9.15 Å². The highest BCUT2D eigenvalue weighted by molar-refractivity contribution is 9.10. The van der Waals surface area contributed by atoms with Crippen molar-refractivity contribution in [2.75, 3.05) is 20.2 Å². The summed E-state index contributed by atoms with van der Waals surface area (Å²) in [5, 5.41) is 8.24. The van der Waals surface area contributed by atoms with Crippen molar-refractivity contribution in [3.63, 3.8) is 0 Å². The summed E-state index contributed by atoms with van der Waals surface area (Å²) in [6.45, 7) is 4.00. The summed E-state index contributed by atoms with van der Waals surface area (Å²) in [6.07, 6.45) is 0. The molecule has 0 N–H and O–H groups in total. The fourth-order valence-corrected chi connectivity index (χ4v) is 2.63. The van der Waals surface area contributed by atoms with Crippen molar-refractivity contribution in [3.05, 3.63) is 64.5 Å². The number of nitrogens with zero attached hydrogens (tertiary/aromatic N) is 3. The summed E-state index contributed by atoms with van der Waals surface area (Å²) < 4.78 is 12.6. The van der Waals surface area contributed by atoms with Gasteiger partial charge in [-0.05, 0) is 49.9 Å². The summed E-state index contributed by atoms with van der Waals surface area (Å²) in [4.78, 5) is 2.09. The first-order chi connectivity index (χ1) is 12.1. The van der Waals surface area contributed by atoms with E-state index in [0.29, 0.717) is 24.9 Å². The monoisotopic (exact) mass is 401 g/mol. The van der Waals surface area contributed by atoms with Crippen LogP contribution in [0.4, 0.5) is 0 Å². The normalized spacial score (nSPS) is 11.0. The van der Waals surface area contributed by atoms with Crippen LogP contribution in [0.1, 0.15) is 11.5 Å². The van der Waals surface area contributed by atoms with Crippen molar-refractivity contribution < 1.29 is 9.15 Å². The van der Waals surface area contributed by atoms with Crippen LogP contribution in [0, 0.1) is 6.92 Å². The molecule has 130 valence electrons. The molecule has 0 aliphatic carbocycles. The molecule has 0 unspecified atom stereocenters. The Bertz CT molecular complexity index is 818. The Morgan fingerprint density at radius 3 is 2.60 bits per heavy atom. The first-order valence-electron chi connectivity index (χ1n) is 8.07. The minimum absolute atomic E-state index is 0.534. The van der Waals surface area contributed by atoms with Gasteiger partial charge in [-0.3, -0.25) is 4.90 Å². The van der Waals surface area contributed by atoms with Crippen LogP contribution in [0.2, 0.25) is 0 Å². The van der Waals surface area contributed by atoms with Crippen LogP contribution in [0.5, 0.6) is 5.75 Å². The predicted octanol–water partition coefficient (Wildman–Crippen LogP) is 4.32. The lowest BCUT2D eigenvalue weighted by molar-refractivity contribution is 0.219. The molecule has 0 bridgehead atoms. The third kappa shape index (κ3) is 4.90. The second-order valence-corrected chi connectivity index (χ2v) is 6.78. The summed E-state index contributed by atoms with van der Waals surface area (Å²) in [5.41, 5.74) is 2.05. The molecule has 0 aliphatic rings. The van der Waals surface area contributed by atoms with E-state index in [1.54, 1.807) is 0 Å². The highest BCUT2D eigenvalue weighted by Crippen LogP contribution is 2.21. The molecule has 0 saturated carbocycles. The maximum absolute atomic E-state index is 5.82. The lowest BCUT2D eigenvalue weighted by Crippen LogP contribution is -2.24. The summed E-state index contributed by atoms with van der Waals surface area (Å²) in [6, 6.07) is 15.8. The van der Waals surface area contributed by atoms with Gasteiger partial charge in [0.1, 0.15) is 12.4 Å². The number of hydrogen-bond donors (Lipinski definition) is 0. The lowest BCUT2D eigenvalue weighted by Gasteiger charge is -2.15. The molecule has 1 heterocycles. The van der Waals surface area contributed by atoms with E-state index in [9.17, 15) is 0 Å². The van der Waals surface area contributed by atoms with Crippen molar-refractivity contribution in [2.24, 2.45) is 0 Å².